The Morgan fingerprint density at radius 3 is 2.94 bits per heavy atom. The van der Waals surface area contributed by atoms with Crippen molar-refractivity contribution < 1.29 is 9.90 Å². The van der Waals surface area contributed by atoms with Gasteiger partial charge in [-0.2, -0.15) is 11.8 Å². The third-order valence-electron chi connectivity index (χ3n) is 3.15. The Balaban J connectivity index is 2.13. The SMILES string of the molecule is CSC1CCC(Nc2nc(Cl)ccc2C(=O)O)C1. The predicted octanol–water partition coefficient (Wildman–Crippen LogP) is 3.13. The minimum atomic E-state index is -0.985. The Bertz CT molecular complexity index is 456. The molecule has 0 radical (unpaired) electrons. The van der Waals surface area contributed by atoms with E-state index in [0.717, 1.165) is 19.3 Å². The van der Waals surface area contributed by atoms with Crippen LogP contribution in [0.4, 0.5) is 5.82 Å². The Morgan fingerprint density at radius 2 is 2.33 bits per heavy atom. The zero-order chi connectivity index (χ0) is 13.1. The molecule has 0 spiro atoms. The summed E-state index contributed by atoms with van der Waals surface area (Å²) in [5, 5.41) is 13.3. The maximum absolute atomic E-state index is 11.1. The van der Waals surface area contributed by atoms with Gasteiger partial charge in [-0.05, 0) is 37.7 Å². The van der Waals surface area contributed by atoms with Crippen molar-refractivity contribution in [1.82, 2.24) is 4.98 Å². The number of nitrogens with zero attached hydrogens (tertiary/aromatic N) is 1. The van der Waals surface area contributed by atoms with Crippen LogP contribution in [0.3, 0.4) is 0 Å². The van der Waals surface area contributed by atoms with Gasteiger partial charge in [-0.25, -0.2) is 9.78 Å². The van der Waals surface area contributed by atoms with Crippen molar-refractivity contribution >= 4 is 35.1 Å². The first-order valence-electron chi connectivity index (χ1n) is 5.79. The molecule has 0 aromatic carbocycles. The molecule has 1 saturated carbocycles. The van der Waals surface area contributed by atoms with E-state index in [1.165, 1.54) is 12.1 Å². The number of carboxylic acid groups (broad SMARTS) is 1. The van der Waals surface area contributed by atoms with E-state index < -0.39 is 5.97 Å². The molecule has 0 saturated heterocycles. The molecule has 1 aliphatic carbocycles. The normalized spacial score (nSPS) is 23.0. The number of halogens is 1. The van der Waals surface area contributed by atoms with Gasteiger partial charge < -0.3 is 10.4 Å². The summed E-state index contributed by atoms with van der Waals surface area (Å²) in [6.07, 6.45) is 5.34. The minimum Gasteiger partial charge on any atom is -0.478 e. The molecule has 0 aliphatic heterocycles. The number of carboxylic acids is 1. The lowest BCUT2D eigenvalue weighted by molar-refractivity contribution is 0.0697. The molecule has 2 atom stereocenters. The van der Waals surface area contributed by atoms with Crippen LogP contribution in [0.25, 0.3) is 0 Å². The van der Waals surface area contributed by atoms with Crippen molar-refractivity contribution in [3.8, 4) is 0 Å². The molecule has 2 unspecified atom stereocenters. The number of hydrogen-bond donors (Lipinski definition) is 2. The van der Waals surface area contributed by atoms with Gasteiger partial charge in [-0.3, -0.25) is 0 Å². The molecule has 2 rings (SSSR count). The lowest BCUT2D eigenvalue weighted by atomic mass is 10.2. The number of pyridine rings is 1. The van der Waals surface area contributed by atoms with Crippen molar-refractivity contribution in [2.45, 2.75) is 30.6 Å². The summed E-state index contributed by atoms with van der Waals surface area (Å²) in [4.78, 5) is 15.2. The summed E-state index contributed by atoms with van der Waals surface area (Å²) in [7, 11) is 0. The van der Waals surface area contributed by atoms with Crippen LogP contribution in [0.1, 0.15) is 29.6 Å². The average molecular weight is 287 g/mol. The van der Waals surface area contributed by atoms with E-state index in [-0.39, 0.29) is 11.6 Å². The van der Waals surface area contributed by atoms with Gasteiger partial charge in [0, 0.05) is 11.3 Å². The van der Waals surface area contributed by atoms with Crippen molar-refractivity contribution in [3.05, 3.63) is 22.8 Å². The summed E-state index contributed by atoms with van der Waals surface area (Å²) >= 11 is 7.67. The second-order valence-electron chi connectivity index (χ2n) is 4.35. The highest BCUT2D eigenvalue weighted by Gasteiger charge is 2.25. The van der Waals surface area contributed by atoms with Crippen LogP contribution >= 0.6 is 23.4 Å². The van der Waals surface area contributed by atoms with Crippen molar-refractivity contribution in [3.63, 3.8) is 0 Å². The molecule has 1 aromatic heterocycles. The highest BCUT2D eigenvalue weighted by molar-refractivity contribution is 7.99. The molecule has 18 heavy (non-hydrogen) atoms. The highest BCUT2D eigenvalue weighted by Crippen LogP contribution is 2.30. The Labute approximate surface area is 115 Å². The third kappa shape index (κ3) is 3.09. The van der Waals surface area contributed by atoms with Crippen LogP contribution in [0.15, 0.2) is 12.1 Å². The molecule has 0 bridgehead atoms. The zero-order valence-corrected chi connectivity index (χ0v) is 11.6. The topological polar surface area (TPSA) is 62.2 Å². The zero-order valence-electron chi connectivity index (χ0n) is 10.0. The van der Waals surface area contributed by atoms with Gasteiger partial charge in [0.25, 0.3) is 0 Å². The van der Waals surface area contributed by atoms with E-state index in [4.69, 9.17) is 16.7 Å². The van der Waals surface area contributed by atoms with Crippen LogP contribution in [0.5, 0.6) is 0 Å². The number of anilines is 1. The molecular formula is C12H15ClN2O2S. The standard InChI is InChI=1S/C12H15ClN2O2S/c1-18-8-3-2-7(6-8)14-11-9(12(16)17)4-5-10(13)15-11/h4-5,7-8H,2-3,6H2,1H3,(H,14,15)(H,16,17). The van der Waals surface area contributed by atoms with Crippen molar-refractivity contribution in [1.29, 1.82) is 0 Å². The Kier molecular flexibility index (Phi) is 4.35. The first-order valence-corrected chi connectivity index (χ1v) is 7.46. The van der Waals surface area contributed by atoms with E-state index in [0.29, 0.717) is 16.2 Å². The van der Waals surface area contributed by atoms with Gasteiger partial charge in [-0.15, -0.1) is 0 Å². The smallest absolute Gasteiger partial charge is 0.339 e. The average Bonchev–Trinajstić information content (AvgIpc) is 2.76. The van der Waals surface area contributed by atoms with Gasteiger partial charge in [-0.1, -0.05) is 11.6 Å². The van der Waals surface area contributed by atoms with Gasteiger partial charge in [0.05, 0.1) is 0 Å². The van der Waals surface area contributed by atoms with Gasteiger partial charge in [0.2, 0.25) is 0 Å². The monoisotopic (exact) mass is 286 g/mol. The van der Waals surface area contributed by atoms with Crippen molar-refractivity contribution in [2.75, 3.05) is 11.6 Å². The number of carbonyl (C=O) groups is 1. The molecule has 0 amide bonds. The fourth-order valence-electron chi connectivity index (χ4n) is 2.20. The molecule has 98 valence electrons. The highest BCUT2D eigenvalue weighted by atomic mass is 35.5. The number of thioether (sulfide) groups is 1. The van der Waals surface area contributed by atoms with E-state index in [9.17, 15) is 4.79 Å². The van der Waals surface area contributed by atoms with Crippen LogP contribution in [0.2, 0.25) is 5.15 Å². The third-order valence-corrected chi connectivity index (χ3v) is 4.46. The Hall–Kier alpha value is -0.940. The van der Waals surface area contributed by atoms with Crippen LogP contribution in [-0.4, -0.2) is 33.6 Å². The lowest BCUT2D eigenvalue weighted by Crippen LogP contribution is -2.19. The van der Waals surface area contributed by atoms with Gasteiger partial charge in [0.15, 0.2) is 0 Å². The summed E-state index contributed by atoms with van der Waals surface area (Å²) in [5.74, 6) is -0.608. The van der Waals surface area contributed by atoms with Crippen LogP contribution in [-0.2, 0) is 0 Å². The quantitative estimate of drug-likeness (QED) is 0.833. The van der Waals surface area contributed by atoms with E-state index in [1.54, 1.807) is 0 Å². The maximum Gasteiger partial charge on any atom is 0.339 e. The summed E-state index contributed by atoms with van der Waals surface area (Å²) < 4.78 is 0. The fraction of sp³-hybridized carbons (Fsp3) is 0.500. The second-order valence-corrected chi connectivity index (χ2v) is 5.87. The number of aromatic nitrogens is 1. The number of rotatable bonds is 4. The van der Waals surface area contributed by atoms with Crippen LogP contribution < -0.4 is 5.32 Å². The largest absolute Gasteiger partial charge is 0.478 e. The summed E-state index contributed by atoms with van der Waals surface area (Å²) in [5.41, 5.74) is 0.173. The minimum absolute atomic E-state index is 0.173. The number of nitrogens with one attached hydrogen (secondary N) is 1. The first-order chi connectivity index (χ1) is 8.60. The number of hydrogen-bond acceptors (Lipinski definition) is 4. The second kappa shape index (κ2) is 5.80. The van der Waals surface area contributed by atoms with Crippen molar-refractivity contribution in [2.24, 2.45) is 0 Å². The number of aromatic carboxylic acids is 1. The molecule has 1 fully saturated rings. The molecule has 2 N–H and O–H groups in total. The van der Waals surface area contributed by atoms with E-state index >= 15 is 0 Å². The fourth-order valence-corrected chi connectivity index (χ4v) is 3.14. The molecule has 1 aromatic rings. The van der Waals surface area contributed by atoms with Gasteiger partial charge >= 0.3 is 5.97 Å². The first kappa shape index (κ1) is 13.5. The molecule has 6 heteroatoms. The van der Waals surface area contributed by atoms with Crippen LogP contribution in [0, 0.1) is 0 Å². The summed E-state index contributed by atoms with van der Waals surface area (Å²) in [6.45, 7) is 0. The Morgan fingerprint density at radius 1 is 1.56 bits per heavy atom. The van der Waals surface area contributed by atoms with Gasteiger partial charge in [0.1, 0.15) is 16.5 Å². The lowest BCUT2D eigenvalue weighted by Gasteiger charge is -2.15. The summed E-state index contributed by atoms with van der Waals surface area (Å²) in [6, 6.07) is 3.27. The molecular weight excluding hydrogens is 272 g/mol. The van der Waals surface area contributed by atoms with E-state index in [1.807, 2.05) is 11.8 Å². The van der Waals surface area contributed by atoms with E-state index in [2.05, 4.69) is 16.6 Å². The molecule has 1 aliphatic rings. The molecule has 4 nitrogen and oxygen atoms in total. The maximum atomic E-state index is 11.1. The predicted molar refractivity (Wildman–Crippen MR) is 74.8 cm³/mol. The molecule has 1 heterocycles.